The minimum atomic E-state index is 0.443. The maximum Gasteiger partial charge on any atom is 0.258 e. The van der Waals surface area contributed by atoms with Crippen LogP contribution in [-0.2, 0) is 0 Å². The lowest BCUT2D eigenvalue weighted by molar-refractivity contribution is 0.388. The van der Waals surface area contributed by atoms with Crippen molar-refractivity contribution in [3.05, 3.63) is 48.5 Å². The maximum absolute atomic E-state index is 5.66. The van der Waals surface area contributed by atoms with Gasteiger partial charge in [-0.05, 0) is 42.7 Å². The summed E-state index contributed by atoms with van der Waals surface area (Å²) in [6.07, 6.45) is 2.12. The van der Waals surface area contributed by atoms with E-state index in [0.717, 1.165) is 37.2 Å². The molecule has 0 radical (unpaired) electrons. The monoisotopic (exact) mass is 425 g/mol. The predicted molar refractivity (Wildman–Crippen MR) is 124 cm³/mol. The van der Waals surface area contributed by atoms with E-state index in [1.807, 2.05) is 24.3 Å². The first kappa shape index (κ1) is 19.7. The van der Waals surface area contributed by atoms with Crippen LogP contribution in [-0.4, -0.2) is 59.5 Å². The van der Waals surface area contributed by atoms with Gasteiger partial charge in [0.25, 0.3) is 5.88 Å². The van der Waals surface area contributed by atoms with Crippen LogP contribution in [0, 0.1) is 0 Å². The highest BCUT2D eigenvalue weighted by Crippen LogP contribution is 2.29. The fraction of sp³-hybridized carbons (Fsp3) is 0.286. The highest BCUT2D eigenvalue weighted by atomic mass is 32.2. The zero-order valence-corrected chi connectivity index (χ0v) is 18.1. The van der Waals surface area contributed by atoms with E-state index in [0.29, 0.717) is 16.8 Å². The molecule has 1 aliphatic heterocycles. The van der Waals surface area contributed by atoms with Crippen LogP contribution in [0.25, 0.3) is 11.0 Å². The van der Waals surface area contributed by atoms with Gasteiger partial charge in [0.15, 0.2) is 10.9 Å². The number of aromatic nitrogens is 2. The van der Waals surface area contributed by atoms with Gasteiger partial charge in [0.1, 0.15) is 0 Å². The van der Waals surface area contributed by atoms with Crippen molar-refractivity contribution in [3.8, 4) is 5.88 Å². The van der Waals surface area contributed by atoms with Crippen LogP contribution >= 0.6 is 24.0 Å². The molecule has 150 valence electrons. The molecule has 1 aliphatic rings. The van der Waals surface area contributed by atoms with Crippen LogP contribution in [0.4, 0.5) is 11.5 Å². The molecule has 0 bridgehead atoms. The molecular formula is C21H23N5OS2. The van der Waals surface area contributed by atoms with Crippen LogP contribution in [0.3, 0.4) is 0 Å². The number of fused-ring (bicyclic) bond motifs is 1. The topological polar surface area (TPSA) is 53.5 Å². The van der Waals surface area contributed by atoms with E-state index in [9.17, 15) is 0 Å². The summed E-state index contributed by atoms with van der Waals surface area (Å²) in [5.74, 6) is 0.991. The number of nitrogens with zero attached hydrogens (tertiary/aromatic N) is 4. The van der Waals surface area contributed by atoms with E-state index in [-0.39, 0.29) is 0 Å². The molecule has 2 aromatic carbocycles. The maximum atomic E-state index is 5.66. The average Bonchev–Trinajstić information content (AvgIpc) is 2.78. The molecule has 0 spiro atoms. The van der Waals surface area contributed by atoms with Crippen LogP contribution in [0.5, 0.6) is 5.88 Å². The van der Waals surface area contributed by atoms with Crippen molar-refractivity contribution < 1.29 is 4.74 Å². The van der Waals surface area contributed by atoms with Crippen molar-refractivity contribution in [2.45, 2.75) is 4.90 Å². The third-order valence-corrected chi connectivity index (χ3v) is 6.10. The molecule has 3 aromatic rings. The van der Waals surface area contributed by atoms with E-state index >= 15 is 0 Å². The Hall–Kier alpha value is -2.58. The normalized spacial score (nSPS) is 14.1. The van der Waals surface area contributed by atoms with E-state index in [1.54, 1.807) is 18.9 Å². The molecule has 1 N–H and O–H groups in total. The minimum absolute atomic E-state index is 0.443. The Morgan fingerprint density at radius 2 is 1.66 bits per heavy atom. The molecule has 0 saturated carbocycles. The van der Waals surface area contributed by atoms with E-state index in [4.69, 9.17) is 17.0 Å². The molecular weight excluding hydrogens is 402 g/mol. The lowest BCUT2D eigenvalue weighted by Gasteiger charge is -2.38. The minimum Gasteiger partial charge on any atom is -0.478 e. The number of anilines is 2. The highest BCUT2D eigenvalue weighted by Gasteiger charge is 2.22. The van der Waals surface area contributed by atoms with Crippen molar-refractivity contribution in [2.75, 3.05) is 49.8 Å². The molecule has 29 heavy (non-hydrogen) atoms. The Morgan fingerprint density at radius 3 is 2.34 bits per heavy atom. The molecule has 1 aromatic heterocycles. The quantitative estimate of drug-likeness (QED) is 0.499. The Bertz CT molecular complexity index is 1020. The van der Waals surface area contributed by atoms with Gasteiger partial charge >= 0.3 is 0 Å². The van der Waals surface area contributed by atoms with Crippen LogP contribution in [0.15, 0.2) is 53.4 Å². The van der Waals surface area contributed by atoms with Gasteiger partial charge in [-0.3, -0.25) is 0 Å². The zero-order valence-electron chi connectivity index (χ0n) is 16.5. The van der Waals surface area contributed by atoms with Crippen LogP contribution in [0.2, 0.25) is 0 Å². The fourth-order valence-electron chi connectivity index (χ4n) is 3.43. The second-order valence-electron chi connectivity index (χ2n) is 6.65. The predicted octanol–water partition coefficient (Wildman–Crippen LogP) is 3.88. The van der Waals surface area contributed by atoms with Gasteiger partial charge in [-0.2, -0.15) is 0 Å². The Kier molecular flexibility index (Phi) is 6.01. The Morgan fingerprint density at radius 1 is 1.00 bits per heavy atom. The van der Waals surface area contributed by atoms with Crippen molar-refractivity contribution >= 4 is 51.6 Å². The first-order valence-corrected chi connectivity index (χ1v) is 11.1. The standard InChI is InChI=1S/C21H23N5OS2/c1-27-20-19(22-15-7-3-4-8-16(15)23-20)24-21(28)26-13-11-25(12-14-26)17-9-5-6-10-18(17)29-2/h3-10H,11-14H2,1-2H3,(H,22,24,28). The molecule has 0 aliphatic carbocycles. The van der Waals surface area contributed by atoms with Gasteiger partial charge in [-0.1, -0.05) is 24.3 Å². The number of nitrogens with one attached hydrogen (secondary N) is 1. The molecule has 6 nitrogen and oxygen atoms in total. The lowest BCUT2D eigenvalue weighted by atomic mass is 10.2. The van der Waals surface area contributed by atoms with Crippen molar-refractivity contribution in [2.24, 2.45) is 0 Å². The Balaban J connectivity index is 1.45. The fourth-order valence-corrected chi connectivity index (χ4v) is 4.33. The van der Waals surface area contributed by atoms with Crippen LogP contribution in [0.1, 0.15) is 0 Å². The number of benzene rings is 2. The molecule has 4 rings (SSSR count). The second kappa shape index (κ2) is 8.84. The van der Waals surface area contributed by atoms with Gasteiger partial charge in [-0.25, -0.2) is 9.97 Å². The first-order valence-electron chi connectivity index (χ1n) is 9.44. The molecule has 1 fully saturated rings. The van der Waals surface area contributed by atoms with E-state index < -0.39 is 0 Å². The van der Waals surface area contributed by atoms with Gasteiger partial charge < -0.3 is 19.9 Å². The molecule has 0 atom stereocenters. The smallest absolute Gasteiger partial charge is 0.258 e. The van der Waals surface area contributed by atoms with Gasteiger partial charge in [0.05, 0.1) is 23.8 Å². The number of hydrogen-bond acceptors (Lipinski definition) is 6. The zero-order chi connectivity index (χ0) is 20.2. The lowest BCUT2D eigenvalue weighted by Crippen LogP contribution is -2.50. The Labute approximate surface area is 180 Å². The summed E-state index contributed by atoms with van der Waals surface area (Å²) in [6, 6.07) is 16.3. The third kappa shape index (κ3) is 4.23. The van der Waals surface area contributed by atoms with E-state index in [1.165, 1.54) is 10.6 Å². The molecule has 1 saturated heterocycles. The molecule has 2 heterocycles. The molecule has 0 amide bonds. The number of hydrogen-bond donors (Lipinski definition) is 1. The SMILES string of the molecule is COc1nc2ccccc2nc1NC(=S)N1CCN(c2ccccc2SC)CC1. The second-order valence-corrected chi connectivity index (χ2v) is 7.88. The summed E-state index contributed by atoms with van der Waals surface area (Å²) in [5, 5.41) is 3.88. The summed E-state index contributed by atoms with van der Waals surface area (Å²) in [4.78, 5) is 15.1. The number of thiocarbonyl (C=S) groups is 1. The summed E-state index contributed by atoms with van der Waals surface area (Å²) in [5.41, 5.74) is 2.89. The molecule has 8 heteroatoms. The summed E-state index contributed by atoms with van der Waals surface area (Å²) < 4.78 is 5.42. The summed E-state index contributed by atoms with van der Waals surface area (Å²) >= 11 is 7.44. The van der Waals surface area contributed by atoms with Gasteiger partial charge in [-0.15, -0.1) is 11.8 Å². The number of methoxy groups -OCH3 is 1. The van der Waals surface area contributed by atoms with Gasteiger partial charge in [0.2, 0.25) is 0 Å². The van der Waals surface area contributed by atoms with Crippen LogP contribution < -0.4 is 15.0 Å². The van der Waals surface area contributed by atoms with Crippen molar-refractivity contribution in [1.82, 2.24) is 14.9 Å². The highest BCUT2D eigenvalue weighted by molar-refractivity contribution is 7.98. The summed E-state index contributed by atoms with van der Waals surface area (Å²) in [6.45, 7) is 3.52. The number of piperazine rings is 1. The first-order chi connectivity index (χ1) is 14.2. The average molecular weight is 426 g/mol. The number of para-hydroxylation sites is 3. The summed E-state index contributed by atoms with van der Waals surface area (Å²) in [7, 11) is 1.59. The molecule has 0 unspecified atom stereocenters. The van der Waals surface area contributed by atoms with Gasteiger partial charge in [0, 0.05) is 31.1 Å². The third-order valence-electron chi connectivity index (χ3n) is 4.95. The largest absolute Gasteiger partial charge is 0.478 e. The van der Waals surface area contributed by atoms with E-state index in [2.05, 4.69) is 55.6 Å². The van der Waals surface area contributed by atoms with Crippen molar-refractivity contribution in [1.29, 1.82) is 0 Å². The number of thioether (sulfide) groups is 1. The van der Waals surface area contributed by atoms with Crippen molar-refractivity contribution in [3.63, 3.8) is 0 Å². The number of ether oxygens (including phenoxy) is 1. The number of rotatable bonds is 4.